The molecule has 1 aliphatic heterocycles. The molecule has 3 aliphatic rings. The molecule has 3 rings (SSSR count). The molecule has 0 aromatic carbocycles. The second-order valence-electron chi connectivity index (χ2n) is 5.35. The van der Waals surface area contributed by atoms with E-state index in [9.17, 15) is 9.59 Å². The van der Waals surface area contributed by atoms with Crippen LogP contribution in [0.3, 0.4) is 0 Å². The Morgan fingerprint density at radius 3 is 2.94 bits per heavy atom. The molecule has 6 unspecified atom stereocenters. The van der Waals surface area contributed by atoms with Gasteiger partial charge in [0.15, 0.2) is 3.55 Å². The second kappa shape index (κ2) is 3.57. The van der Waals surface area contributed by atoms with E-state index in [0.717, 1.165) is 12.8 Å². The Morgan fingerprint density at radius 1 is 1.59 bits per heavy atom. The fraction of sp³-hybridized carbons (Fsp3) is 0.818. The lowest BCUT2D eigenvalue weighted by Crippen LogP contribution is -2.45. The molecule has 0 aromatic rings. The molecule has 0 aromatic heterocycles. The first kappa shape index (κ1) is 11.7. The number of ether oxygens (including phenoxy) is 2. The first-order valence-electron chi connectivity index (χ1n) is 5.77. The summed E-state index contributed by atoms with van der Waals surface area (Å²) in [5.74, 6) is 0.0117. The zero-order valence-corrected chi connectivity index (χ0v) is 11.5. The third-order valence-corrected chi connectivity index (χ3v) is 4.50. The third-order valence-electron chi connectivity index (χ3n) is 4.06. The number of fused-ring (bicyclic) bond motifs is 1. The Labute approximate surface area is 113 Å². The molecule has 17 heavy (non-hydrogen) atoms. The molecule has 2 N–H and O–H groups in total. The number of esters is 2. The van der Waals surface area contributed by atoms with Crippen LogP contribution in [0.15, 0.2) is 0 Å². The van der Waals surface area contributed by atoms with Crippen LogP contribution in [0.4, 0.5) is 0 Å². The van der Waals surface area contributed by atoms with E-state index in [2.05, 4.69) is 0 Å². The van der Waals surface area contributed by atoms with Crippen molar-refractivity contribution in [2.24, 2.45) is 23.5 Å². The van der Waals surface area contributed by atoms with Gasteiger partial charge in [0.05, 0.1) is 5.92 Å². The lowest BCUT2D eigenvalue weighted by atomic mass is 9.88. The van der Waals surface area contributed by atoms with Gasteiger partial charge in [-0.15, -0.1) is 0 Å². The number of hydrogen-bond donors (Lipinski definition) is 1. The maximum absolute atomic E-state index is 11.8. The monoisotopic (exact) mass is 351 g/mol. The van der Waals surface area contributed by atoms with E-state index in [-0.39, 0.29) is 35.9 Å². The van der Waals surface area contributed by atoms with Crippen LogP contribution in [0, 0.1) is 17.8 Å². The number of halogens is 1. The van der Waals surface area contributed by atoms with Crippen molar-refractivity contribution in [1.82, 2.24) is 0 Å². The molecule has 5 nitrogen and oxygen atoms in total. The average Bonchev–Trinajstić information content (AvgIpc) is 2.80. The highest BCUT2D eigenvalue weighted by Crippen LogP contribution is 2.55. The minimum atomic E-state index is -1.03. The Hall–Kier alpha value is -0.370. The van der Waals surface area contributed by atoms with Crippen LogP contribution >= 0.6 is 22.6 Å². The van der Waals surface area contributed by atoms with Crippen LogP contribution in [0.25, 0.3) is 0 Å². The number of hydrogen-bond acceptors (Lipinski definition) is 5. The van der Waals surface area contributed by atoms with Crippen LogP contribution in [-0.2, 0) is 19.1 Å². The number of carbonyl (C=O) groups is 2. The predicted molar refractivity (Wildman–Crippen MR) is 66.1 cm³/mol. The van der Waals surface area contributed by atoms with Crippen LogP contribution in [-0.4, -0.2) is 27.7 Å². The van der Waals surface area contributed by atoms with E-state index in [1.54, 1.807) is 6.92 Å². The van der Waals surface area contributed by atoms with Crippen molar-refractivity contribution in [2.75, 3.05) is 0 Å². The fourth-order valence-corrected chi connectivity index (χ4v) is 3.43. The Bertz CT molecular complexity index is 391. The molecule has 3 fully saturated rings. The molecule has 1 heterocycles. The van der Waals surface area contributed by atoms with Gasteiger partial charge in [-0.2, -0.15) is 0 Å². The fourth-order valence-electron chi connectivity index (χ4n) is 3.30. The SMILES string of the molecule is CC(N)(I)C(=O)OC1C2CC3C(=O)OC1C3C2. The summed E-state index contributed by atoms with van der Waals surface area (Å²) in [4.78, 5) is 23.3. The number of nitrogens with two attached hydrogens (primary N) is 1. The molecule has 0 radical (unpaired) electrons. The lowest BCUT2D eigenvalue weighted by Gasteiger charge is -2.27. The van der Waals surface area contributed by atoms with Gasteiger partial charge in [0.1, 0.15) is 12.2 Å². The summed E-state index contributed by atoms with van der Waals surface area (Å²) in [6.07, 6.45) is 1.21. The van der Waals surface area contributed by atoms with E-state index >= 15 is 0 Å². The summed E-state index contributed by atoms with van der Waals surface area (Å²) in [5, 5.41) is 0. The quantitative estimate of drug-likeness (QED) is 0.341. The summed E-state index contributed by atoms with van der Waals surface area (Å²) in [5.41, 5.74) is 5.68. The molecular weight excluding hydrogens is 337 g/mol. The standard InChI is InChI=1S/C11H14INO4/c1-11(12,13)10(15)17-7-4-2-5-6(3-4)9(14)16-8(5)7/h4-8H,2-3,13H2,1H3. The Balaban J connectivity index is 1.75. The molecule has 2 saturated carbocycles. The van der Waals surface area contributed by atoms with Gasteiger partial charge in [0.25, 0.3) is 0 Å². The van der Waals surface area contributed by atoms with Gasteiger partial charge < -0.3 is 15.2 Å². The van der Waals surface area contributed by atoms with Crippen molar-refractivity contribution in [3.05, 3.63) is 0 Å². The molecule has 6 heteroatoms. The summed E-state index contributed by atoms with van der Waals surface area (Å²) >= 11 is 1.85. The Morgan fingerprint density at radius 2 is 2.29 bits per heavy atom. The van der Waals surface area contributed by atoms with Crippen LogP contribution in [0.5, 0.6) is 0 Å². The lowest BCUT2D eigenvalue weighted by molar-refractivity contribution is -0.163. The van der Waals surface area contributed by atoms with Gasteiger partial charge in [0, 0.05) is 11.8 Å². The number of rotatable bonds is 2. The molecule has 0 amide bonds. The number of carbonyl (C=O) groups excluding carboxylic acids is 2. The topological polar surface area (TPSA) is 78.6 Å². The molecule has 2 bridgehead atoms. The van der Waals surface area contributed by atoms with Gasteiger partial charge in [-0.1, -0.05) is 0 Å². The Kier molecular flexibility index (Phi) is 2.46. The van der Waals surface area contributed by atoms with E-state index < -0.39 is 9.51 Å². The highest BCUT2D eigenvalue weighted by atomic mass is 127. The van der Waals surface area contributed by atoms with Gasteiger partial charge in [-0.3, -0.25) is 4.79 Å². The molecule has 1 saturated heterocycles. The van der Waals surface area contributed by atoms with Gasteiger partial charge in [-0.05, 0) is 42.4 Å². The molecular formula is C11H14INO4. The van der Waals surface area contributed by atoms with Crippen molar-refractivity contribution < 1.29 is 19.1 Å². The smallest absolute Gasteiger partial charge is 0.336 e. The summed E-state index contributed by atoms with van der Waals surface area (Å²) in [6.45, 7) is 1.60. The van der Waals surface area contributed by atoms with E-state index in [0.29, 0.717) is 0 Å². The van der Waals surface area contributed by atoms with Crippen molar-refractivity contribution in [3.63, 3.8) is 0 Å². The van der Waals surface area contributed by atoms with E-state index in [4.69, 9.17) is 15.2 Å². The zero-order chi connectivity index (χ0) is 12.4. The molecule has 94 valence electrons. The summed E-state index contributed by atoms with van der Waals surface area (Å²) < 4.78 is 9.72. The van der Waals surface area contributed by atoms with Gasteiger partial charge in [-0.25, -0.2) is 4.79 Å². The zero-order valence-electron chi connectivity index (χ0n) is 9.39. The van der Waals surface area contributed by atoms with Crippen LogP contribution in [0.2, 0.25) is 0 Å². The van der Waals surface area contributed by atoms with Crippen molar-refractivity contribution >= 4 is 34.5 Å². The average molecular weight is 351 g/mol. The van der Waals surface area contributed by atoms with Crippen molar-refractivity contribution in [2.45, 2.75) is 35.5 Å². The highest BCUT2D eigenvalue weighted by molar-refractivity contribution is 14.1. The summed E-state index contributed by atoms with van der Waals surface area (Å²) in [7, 11) is 0. The van der Waals surface area contributed by atoms with Crippen molar-refractivity contribution in [3.8, 4) is 0 Å². The van der Waals surface area contributed by atoms with Crippen LogP contribution < -0.4 is 5.73 Å². The first-order valence-corrected chi connectivity index (χ1v) is 6.85. The van der Waals surface area contributed by atoms with E-state index in [1.165, 1.54) is 0 Å². The first-order chi connectivity index (χ1) is 7.88. The minimum Gasteiger partial charge on any atom is -0.458 e. The van der Waals surface area contributed by atoms with Gasteiger partial charge in [0.2, 0.25) is 0 Å². The largest absolute Gasteiger partial charge is 0.458 e. The molecule has 2 aliphatic carbocycles. The second-order valence-corrected chi connectivity index (χ2v) is 7.59. The number of alkyl halides is 1. The van der Waals surface area contributed by atoms with Gasteiger partial charge >= 0.3 is 11.9 Å². The normalized spacial score (nSPS) is 45.6. The van der Waals surface area contributed by atoms with Crippen LogP contribution in [0.1, 0.15) is 19.8 Å². The third kappa shape index (κ3) is 1.68. The maximum Gasteiger partial charge on any atom is 0.336 e. The minimum absolute atomic E-state index is 0.0452. The maximum atomic E-state index is 11.8. The molecule has 0 spiro atoms. The highest BCUT2D eigenvalue weighted by Gasteiger charge is 2.63. The van der Waals surface area contributed by atoms with E-state index in [1.807, 2.05) is 22.6 Å². The van der Waals surface area contributed by atoms with Crippen molar-refractivity contribution in [1.29, 1.82) is 0 Å². The predicted octanol–water partition coefficient (Wildman–Crippen LogP) is 0.590. The summed E-state index contributed by atoms with van der Waals surface area (Å²) in [6, 6.07) is 0. The molecule has 6 atom stereocenters.